The maximum absolute atomic E-state index is 12.1. The Kier molecular flexibility index (Phi) is 27.5. The van der Waals surface area contributed by atoms with Gasteiger partial charge in [-0.05, 0) is 51.6 Å². The number of amides is 2. The largest absolute Gasteiger partial charge is 0.338 e. The molecule has 0 aromatic carbocycles. The van der Waals surface area contributed by atoms with Crippen molar-refractivity contribution in [3.05, 3.63) is 24.3 Å². The second kappa shape index (κ2) is 28.8. The zero-order chi connectivity index (χ0) is 29.6. The minimum absolute atomic E-state index is 0.0990. The van der Waals surface area contributed by atoms with Gasteiger partial charge in [0.05, 0.1) is 32.7 Å². The average Bonchev–Trinajstić information content (AvgIpc) is 2.96. The second-order valence-electron chi connectivity index (χ2n) is 11.1. The highest BCUT2D eigenvalue weighted by atomic mass is 16.2. The van der Waals surface area contributed by atoms with Crippen molar-refractivity contribution in [2.45, 2.75) is 110 Å². The molecule has 234 valence electrons. The van der Waals surface area contributed by atoms with Gasteiger partial charge in [-0.1, -0.05) is 69.8 Å². The number of Topliss-reactive ketones (excluding diaryl/α,β-unsaturated/α-hetero) is 1. The molecule has 8 nitrogen and oxygen atoms in total. The Morgan fingerprint density at radius 1 is 0.625 bits per heavy atom. The van der Waals surface area contributed by atoms with E-state index in [0.717, 1.165) is 75.6 Å². The van der Waals surface area contributed by atoms with Crippen LogP contribution in [-0.4, -0.2) is 75.2 Å². The number of urea groups is 1. The van der Waals surface area contributed by atoms with Crippen LogP contribution in [0.15, 0.2) is 24.3 Å². The van der Waals surface area contributed by atoms with Gasteiger partial charge in [0.1, 0.15) is 0 Å². The lowest BCUT2D eigenvalue weighted by molar-refractivity contribution is -0.927. The van der Waals surface area contributed by atoms with Crippen molar-refractivity contribution in [2.75, 3.05) is 58.9 Å². The molecule has 0 radical (unpaired) electrons. The van der Waals surface area contributed by atoms with Crippen LogP contribution in [0.2, 0.25) is 0 Å². The predicted molar refractivity (Wildman–Crippen MR) is 171 cm³/mol. The van der Waals surface area contributed by atoms with E-state index in [1.165, 1.54) is 51.4 Å². The molecule has 8 N–H and O–H groups in total. The molecule has 0 bridgehead atoms. The summed E-state index contributed by atoms with van der Waals surface area (Å²) in [5, 5.41) is 5.60. The third kappa shape index (κ3) is 24.1. The van der Waals surface area contributed by atoms with Crippen molar-refractivity contribution in [2.24, 2.45) is 17.2 Å². The van der Waals surface area contributed by atoms with E-state index < -0.39 is 0 Å². The lowest BCUT2D eigenvalue weighted by atomic mass is 10.1. The smallest absolute Gasteiger partial charge is 0.315 e. The van der Waals surface area contributed by atoms with Crippen LogP contribution in [0.3, 0.4) is 0 Å². The van der Waals surface area contributed by atoms with E-state index in [9.17, 15) is 9.59 Å². The monoisotopic (exact) mass is 566 g/mol. The number of carbonyl (C=O) groups is 2. The number of hydrogen-bond acceptors (Lipinski definition) is 5. The molecule has 0 saturated heterocycles. The molecule has 0 saturated carbocycles. The molecule has 0 spiro atoms. The van der Waals surface area contributed by atoms with Gasteiger partial charge in [0, 0.05) is 38.8 Å². The quantitative estimate of drug-likeness (QED) is 0.0498. The van der Waals surface area contributed by atoms with Gasteiger partial charge < -0.3 is 32.3 Å². The number of allylic oxidation sites excluding steroid dienone is 4. The summed E-state index contributed by atoms with van der Waals surface area (Å²) in [7, 11) is 0. The third-order valence-corrected chi connectivity index (χ3v) is 7.47. The summed E-state index contributed by atoms with van der Waals surface area (Å²) in [5.74, 6) is 0.0990. The van der Waals surface area contributed by atoms with Gasteiger partial charge in [-0.3, -0.25) is 4.79 Å². The molecule has 0 aliphatic carbocycles. The number of nitrogens with two attached hydrogens (primary N) is 3. The van der Waals surface area contributed by atoms with Crippen LogP contribution in [0.1, 0.15) is 110 Å². The van der Waals surface area contributed by atoms with Crippen LogP contribution < -0.4 is 27.8 Å². The first-order valence-corrected chi connectivity index (χ1v) is 16.3. The van der Waals surface area contributed by atoms with Gasteiger partial charge in [0.25, 0.3) is 0 Å². The first kappa shape index (κ1) is 38.3. The highest BCUT2D eigenvalue weighted by molar-refractivity contribution is 5.85. The third-order valence-electron chi connectivity index (χ3n) is 7.47. The van der Waals surface area contributed by atoms with E-state index in [1.54, 1.807) is 0 Å². The summed E-state index contributed by atoms with van der Waals surface area (Å²) in [6.45, 7) is 8.68. The van der Waals surface area contributed by atoms with Crippen LogP contribution in [-0.2, 0) is 4.79 Å². The molecule has 0 aromatic heterocycles. The Balaban J connectivity index is 3.79. The minimum Gasteiger partial charge on any atom is -0.338 e. The van der Waals surface area contributed by atoms with Crippen LogP contribution in [0.4, 0.5) is 4.79 Å². The molecule has 0 rings (SSSR count). The van der Waals surface area contributed by atoms with Crippen LogP contribution in [0, 0.1) is 0 Å². The van der Waals surface area contributed by atoms with Crippen molar-refractivity contribution in [3.8, 4) is 0 Å². The Hall–Kier alpha value is -1.74. The van der Waals surface area contributed by atoms with Crippen LogP contribution >= 0.6 is 0 Å². The van der Waals surface area contributed by atoms with Gasteiger partial charge in [-0.25, -0.2) is 4.79 Å². The Labute approximate surface area is 246 Å². The normalized spacial score (nSPS) is 12.0. The lowest BCUT2D eigenvalue weighted by Crippen LogP contribution is -2.54. The van der Waals surface area contributed by atoms with E-state index in [2.05, 4.69) is 41.9 Å². The SMILES string of the molecule is CCCCC/C=C\C/C=C\CCCCCCCCC(=O)CNC(=O)NCCC[N+](CCN)(CCCN)CCCN. The zero-order valence-electron chi connectivity index (χ0n) is 26.0. The summed E-state index contributed by atoms with van der Waals surface area (Å²) in [6.07, 6.45) is 26.7. The Morgan fingerprint density at radius 3 is 1.80 bits per heavy atom. The van der Waals surface area contributed by atoms with Crippen LogP contribution in [0.25, 0.3) is 0 Å². The number of nitrogens with zero attached hydrogens (tertiary/aromatic N) is 1. The molecule has 0 unspecified atom stereocenters. The van der Waals surface area contributed by atoms with Crippen molar-refractivity contribution in [1.82, 2.24) is 10.6 Å². The first-order valence-electron chi connectivity index (χ1n) is 16.3. The van der Waals surface area contributed by atoms with Crippen LogP contribution in [0.5, 0.6) is 0 Å². The summed E-state index contributed by atoms with van der Waals surface area (Å²) < 4.78 is 0.904. The van der Waals surface area contributed by atoms with Crippen molar-refractivity contribution < 1.29 is 14.1 Å². The molecular weight excluding hydrogens is 500 g/mol. The van der Waals surface area contributed by atoms with Gasteiger partial charge in [0.15, 0.2) is 5.78 Å². The molecule has 0 aliphatic rings. The van der Waals surface area contributed by atoms with E-state index in [-0.39, 0.29) is 18.4 Å². The summed E-state index contributed by atoms with van der Waals surface area (Å²) in [5.41, 5.74) is 17.4. The van der Waals surface area contributed by atoms with E-state index in [0.29, 0.717) is 32.6 Å². The van der Waals surface area contributed by atoms with Crippen molar-refractivity contribution >= 4 is 11.8 Å². The fourth-order valence-corrected chi connectivity index (χ4v) is 5.05. The topological polar surface area (TPSA) is 136 Å². The Bertz CT molecular complexity index is 645. The molecular formula is C32H65N6O2+. The number of rotatable bonds is 29. The molecule has 2 amide bonds. The molecule has 0 atom stereocenters. The van der Waals surface area contributed by atoms with E-state index in [4.69, 9.17) is 17.2 Å². The molecule has 0 aromatic rings. The van der Waals surface area contributed by atoms with E-state index in [1.807, 2.05) is 0 Å². The Morgan fingerprint density at radius 2 is 1.20 bits per heavy atom. The molecule has 0 fully saturated rings. The minimum atomic E-state index is -0.272. The highest BCUT2D eigenvalue weighted by Gasteiger charge is 2.25. The fourth-order valence-electron chi connectivity index (χ4n) is 5.05. The maximum atomic E-state index is 12.1. The van der Waals surface area contributed by atoms with Crippen molar-refractivity contribution in [3.63, 3.8) is 0 Å². The standard InChI is InChI=1S/C32H64N6O2/c1-2-3-4-5-6-7-8-9-10-11-12-13-14-15-16-17-21-31(39)30-37-32(40)36-25-20-28-38(29-24-35,26-18-22-33)27-19-23-34/h6-7,9-10H,2-5,8,11-30,33-35H2,1H3,(H-,36,37,40)/p+1/b7-6-,10-9-. The number of nitrogens with one attached hydrogen (secondary N) is 2. The van der Waals surface area contributed by atoms with E-state index >= 15 is 0 Å². The van der Waals surface area contributed by atoms with Gasteiger partial charge in [-0.2, -0.15) is 0 Å². The lowest BCUT2D eigenvalue weighted by Gasteiger charge is -2.39. The van der Waals surface area contributed by atoms with Gasteiger partial charge >= 0.3 is 6.03 Å². The first-order chi connectivity index (χ1) is 19.5. The molecule has 40 heavy (non-hydrogen) atoms. The second-order valence-corrected chi connectivity index (χ2v) is 11.1. The number of quaternary nitrogens is 1. The fraction of sp³-hybridized carbons (Fsp3) is 0.812. The number of hydrogen-bond donors (Lipinski definition) is 5. The zero-order valence-corrected chi connectivity index (χ0v) is 26.0. The number of unbranched alkanes of at least 4 members (excludes halogenated alkanes) is 9. The van der Waals surface area contributed by atoms with Gasteiger partial charge in [0.2, 0.25) is 0 Å². The van der Waals surface area contributed by atoms with Gasteiger partial charge in [-0.15, -0.1) is 0 Å². The number of carbonyl (C=O) groups excluding carboxylic acids is 2. The van der Waals surface area contributed by atoms with Crippen molar-refractivity contribution in [1.29, 1.82) is 0 Å². The highest BCUT2D eigenvalue weighted by Crippen LogP contribution is 2.11. The predicted octanol–water partition coefficient (Wildman–Crippen LogP) is 4.92. The molecule has 0 heterocycles. The summed E-state index contributed by atoms with van der Waals surface area (Å²) in [6, 6.07) is -0.272. The average molecular weight is 566 g/mol. The summed E-state index contributed by atoms with van der Waals surface area (Å²) in [4.78, 5) is 24.3. The molecule has 0 aliphatic heterocycles. The maximum Gasteiger partial charge on any atom is 0.315 e. The number of ketones is 1. The summed E-state index contributed by atoms with van der Waals surface area (Å²) >= 11 is 0. The molecule has 8 heteroatoms.